The number of thioether (sulfide) groups is 1. The van der Waals surface area contributed by atoms with Gasteiger partial charge in [0.15, 0.2) is 0 Å². The summed E-state index contributed by atoms with van der Waals surface area (Å²) in [5, 5.41) is 15.9. The van der Waals surface area contributed by atoms with Crippen LogP contribution in [-0.4, -0.2) is 31.5 Å². The van der Waals surface area contributed by atoms with Crippen molar-refractivity contribution in [3.05, 3.63) is 124 Å². The van der Waals surface area contributed by atoms with Crippen molar-refractivity contribution in [2.45, 2.75) is 16.7 Å². The number of nitro benzene ring substituents is 1. The predicted octanol–water partition coefficient (Wildman–Crippen LogP) is 7.75. The molecule has 1 heterocycles. The number of carbonyl (C=O) groups excluding carboxylic acids is 1. The molecule has 11 heteroatoms. The van der Waals surface area contributed by atoms with Crippen molar-refractivity contribution in [1.82, 2.24) is 4.72 Å². The number of nitrogens with one attached hydrogen (secondary N) is 2. The van der Waals surface area contributed by atoms with E-state index in [2.05, 4.69) is 24.9 Å². The Morgan fingerprint density at radius 2 is 1.72 bits per heavy atom. The van der Waals surface area contributed by atoms with Crippen LogP contribution in [0.1, 0.15) is 20.8 Å². The van der Waals surface area contributed by atoms with Gasteiger partial charge in [-0.25, -0.2) is 13.1 Å². The number of hydrogen-bond acceptors (Lipinski definition) is 8. The number of sulfonamides is 1. The molecule has 0 unspecified atom stereocenters. The van der Waals surface area contributed by atoms with Crippen LogP contribution in [0, 0.1) is 17.0 Å². The second-order valence-corrected chi connectivity index (χ2v) is 13.5. The molecule has 0 radical (unpaired) electrons. The summed E-state index contributed by atoms with van der Waals surface area (Å²) in [7, 11) is -4.38. The smallest absolute Gasteiger partial charge is 0.293 e. The molecule has 0 saturated carbocycles. The molecule has 5 aromatic rings. The first-order chi connectivity index (χ1) is 20.7. The van der Waals surface area contributed by atoms with Crippen molar-refractivity contribution in [3.63, 3.8) is 0 Å². The zero-order valence-corrected chi connectivity index (χ0v) is 25.5. The summed E-state index contributed by atoms with van der Waals surface area (Å²) < 4.78 is 29.2. The second-order valence-electron chi connectivity index (χ2n) is 9.54. The summed E-state index contributed by atoms with van der Waals surface area (Å²) in [5.74, 6) is -0.191. The van der Waals surface area contributed by atoms with E-state index in [1.807, 2.05) is 53.3 Å². The number of fused-ring (bicyclic) bond motifs is 1. The Labute approximate surface area is 257 Å². The van der Waals surface area contributed by atoms with Gasteiger partial charge in [-0.15, -0.1) is 23.1 Å². The lowest BCUT2D eigenvalue weighted by Gasteiger charge is -2.11. The van der Waals surface area contributed by atoms with Crippen LogP contribution in [0.5, 0.6) is 0 Å². The summed E-state index contributed by atoms with van der Waals surface area (Å²) >= 11 is 3.26. The number of aryl methyl sites for hydroxylation is 1. The van der Waals surface area contributed by atoms with Crippen LogP contribution in [0.4, 0.5) is 11.4 Å². The molecular formula is C32H27N3O5S3. The maximum absolute atomic E-state index is 13.0. The highest BCUT2D eigenvalue weighted by atomic mass is 32.2. The first-order valence-electron chi connectivity index (χ1n) is 13.2. The Balaban J connectivity index is 1.27. The third kappa shape index (κ3) is 6.80. The van der Waals surface area contributed by atoms with E-state index in [9.17, 15) is 23.3 Å². The Morgan fingerprint density at radius 1 is 1.00 bits per heavy atom. The molecule has 0 atom stereocenters. The largest absolute Gasteiger partial charge is 0.379 e. The monoisotopic (exact) mass is 629 g/mol. The topological polar surface area (TPSA) is 118 Å². The second kappa shape index (κ2) is 12.8. The molecule has 2 N–H and O–H groups in total. The van der Waals surface area contributed by atoms with E-state index in [4.69, 9.17) is 0 Å². The molecule has 0 aliphatic rings. The molecule has 0 aliphatic heterocycles. The molecule has 0 bridgehead atoms. The number of anilines is 1. The van der Waals surface area contributed by atoms with E-state index in [1.54, 1.807) is 47.4 Å². The number of nitro groups is 1. The third-order valence-corrected chi connectivity index (χ3v) is 10.4. The van der Waals surface area contributed by atoms with Gasteiger partial charge in [-0.2, -0.15) is 0 Å². The Hall–Kier alpha value is -4.45. The maximum Gasteiger partial charge on any atom is 0.293 e. The quantitative estimate of drug-likeness (QED) is 0.0664. The Kier molecular flexibility index (Phi) is 8.95. The molecule has 43 heavy (non-hydrogen) atoms. The lowest BCUT2D eigenvalue weighted by molar-refractivity contribution is -0.384. The van der Waals surface area contributed by atoms with Crippen LogP contribution >= 0.6 is 23.1 Å². The van der Waals surface area contributed by atoms with Gasteiger partial charge in [0.2, 0.25) is 0 Å². The van der Waals surface area contributed by atoms with Gasteiger partial charge in [0.25, 0.3) is 21.6 Å². The number of benzene rings is 4. The Morgan fingerprint density at radius 3 is 2.42 bits per heavy atom. The van der Waals surface area contributed by atoms with Gasteiger partial charge < -0.3 is 5.32 Å². The number of rotatable bonds is 11. The number of carbonyl (C=O) groups is 1. The predicted molar refractivity (Wildman–Crippen MR) is 175 cm³/mol. The van der Waals surface area contributed by atoms with Crippen molar-refractivity contribution in [3.8, 4) is 11.1 Å². The summed E-state index contributed by atoms with van der Waals surface area (Å²) in [4.78, 5) is 25.8. The van der Waals surface area contributed by atoms with Crippen LogP contribution < -0.4 is 10.0 Å². The first kappa shape index (κ1) is 30.0. The molecule has 5 rings (SSSR count). The van der Waals surface area contributed by atoms with Crippen LogP contribution in [0.15, 0.2) is 107 Å². The van der Waals surface area contributed by atoms with Gasteiger partial charge in [0, 0.05) is 38.4 Å². The van der Waals surface area contributed by atoms with Crippen LogP contribution in [0.3, 0.4) is 0 Å². The van der Waals surface area contributed by atoms with Crippen LogP contribution in [0.25, 0.3) is 27.3 Å². The van der Waals surface area contributed by atoms with Crippen molar-refractivity contribution >= 4 is 66.6 Å². The highest BCUT2D eigenvalue weighted by molar-refractivity contribution is 7.99. The van der Waals surface area contributed by atoms with Gasteiger partial charge in [-0.1, -0.05) is 49.1 Å². The Bertz CT molecular complexity index is 1940. The maximum atomic E-state index is 13.0. The molecule has 1 amide bonds. The van der Waals surface area contributed by atoms with Crippen LogP contribution in [0.2, 0.25) is 0 Å². The molecule has 8 nitrogen and oxygen atoms in total. The molecule has 0 fully saturated rings. The molecule has 4 aromatic carbocycles. The summed E-state index contributed by atoms with van der Waals surface area (Å²) in [6.45, 7) is 6.35. The number of thiophene rings is 1. The average Bonchev–Trinajstić information content (AvgIpc) is 3.34. The van der Waals surface area contributed by atoms with Gasteiger partial charge >= 0.3 is 0 Å². The minimum atomic E-state index is -4.38. The van der Waals surface area contributed by atoms with E-state index in [1.165, 1.54) is 12.1 Å². The minimum Gasteiger partial charge on any atom is -0.379 e. The molecule has 0 aliphatic carbocycles. The standard InChI is InChI=1S/C32H27N3O5S3/c1-3-30-21(2)27-19-24(13-16-31(27)42-30)22-9-11-23(12-10-22)32(36)34-43(39,40)26-14-15-28(29(20-26)35(37)38)33-17-18-41-25-7-5-4-6-8-25/h3-16,19-20,33H,1,17-18H2,2H3,(H,34,36). The fourth-order valence-electron chi connectivity index (χ4n) is 4.52. The van der Waals surface area contributed by atoms with E-state index >= 15 is 0 Å². The van der Waals surface area contributed by atoms with E-state index in [0.717, 1.165) is 42.6 Å². The van der Waals surface area contributed by atoms with Crippen molar-refractivity contribution in [1.29, 1.82) is 0 Å². The SMILES string of the molecule is C=Cc1sc2ccc(-c3ccc(C(=O)NS(=O)(=O)c4ccc(NCCSc5ccccc5)c([N+](=O)[O-])c4)cc3)cc2c1C. The lowest BCUT2D eigenvalue weighted by atomic mass is 10.0. The van der Waals surface area contributed by atoms with Gasteiger partial charge in [-0.05, 0) is 77.5 Å². The van der Waals surface area contributed by atoms with Crippen LogP contribution in [-0.2, 0) is 10.0 Å². The fraction of sp³-hybridized carbons (Fsp3) is 0.0938. The fourth-order valence-corrected chi connectivity index (χ4v) is 7.34. The number of amides is 1. The molecule has 0 spiro atoms. The average molecular weight is 630 g/mol. The third-order valence-electron chi connectivity index (χ3n) is 6.77. The number of nitrogens with zero attached hydrogens (tertiary/aromatic N) is 1. The van der Waals surface area contributed by atoms with Crippen molar-refractivity contribution in [2.24, 2.45) is 0 Å². The minimum absolute atomic E-state index is 0.137. The summed E-state index contributed by atoms with van der Waals surface area (Å²) in [5.41, 5.74) is 2.91. The van der Waals surface area contributed by atoms with E-state index in [0.29, 0.717) is 12.3 Å². The van der Waals surface area contributed by atoms with Gasteiger partial charge in [0.05, 0.1) is 9.82 Å². The van der Waals surface area contributed by atoms with Gasteiger partial charge in [0.1, 0.15) is 5.69 Å². The molecular weight excluding hydrogens is 603 g/mol. The summed E-state index contributed by atoms with van der Waals surface area (Å²) in [6.07, 6.45) is 1.85. The van der Waals surface area contributed by atoms with Gasteiger partial charge in [-0.3, -0.25) is 14.9 Å². The zero-order chi connectivity index (χ0) is 30.6. The zero-order valence-electron chi connectivity index (χ0n) is 23.1. The normalized spacial score (nSPS) is 11.3. The molecule has 0 saturated heterocycles. The highest BCUT2D eigenvalue weighted by Crippen LogP contribution is 2.35. The van der Waals surface area contributed by atoms with Crippen molar-refractivity contribution < 1.29 is 18.1 Å². The van der Waals surface area contributed by atoms with E-state index < -0.39 is 26.5 Å². The molecule has 218 valence electrons. The highest BCUT2D eigenvalue weighted by Gasteiger charge is 2.24. The van der Waals surface area contributed by atoms with E-state index in [-0.39, 0.29) is 16.1 Å². The molecule has 1 aromatic heterocycles. The first-order valence-corrected chi connectivity index (χ1v) is 16.5. The van der Waals surface area contributed by atoms with Crippen molar-refractivity contribution in [2.75, 3.05) is 17.6 Å². The summed E-state index contributed by atoms with van der Waals surface area (Å²) in [6, 6.07) is 26.0. The lowest BCUT2D eigenvalue weighted by Crippen LogP contribution is -2.30. The number of hydrogen-bond donors (Lipinski definition) is 2.